The highest BCUT2D eigenvalue weighted by Crippen LogP contribution is 2.52. The molecule has 0 spiro atoms. The van der Waals surface area contributed by atoms with E-state index in [0.717, 1.165) is 17.4 Å². The van der Waals surface area contributed by atoms with Crippen molar-refractivity contribution in [3.8, 4) is 22.3 Å². The molecule has 6 nitrogen and oxygen atoms in total. The maximum Gasteiger partial charge on any atom is 0.337 e. The minimum Gasteiger partial charge on any atom is -0.479 e. The van der Waals surface area contributed by atoms with Crippen molar-refractivity contribution in [1.29, 1.82) is 0 Å². The van der Waals surface area contributed by atoms with Gasteiger partial charge in [-0.25, -0.2) is 17.6 Å². The molecule has 196 valence electrons. The molecule has 0 saturated heterocycles. The van der Waals surface area contributed by atoms with Crippen LogP contribution in [-0.2, 0) is 26.1 Å². The predicted octanol–water partition coefficient (Wildman–Crippen LogP) is 6.31. The summed E-state index contributed by atoms with van der Waals surface area (Å²) in [4.78, 5) is 12.7. The number of anilines is 1. The van der Waals surface area contributed by atoms with Crippen molar-refractivity contribution < 1.29 is 27.4 Å². The molecule has 4 rings (SSSR count). The number of rotatable bonds is 5. The second kappa shape index (κ2) is 9.26. The van der Waals surface area contributed by atoms with Gasteiger partial charge in [-0.15, -0.1) is 0 Å². The Balaban J connectivity index is 2.23. The van der Waals surface area contributed by atoms with E-state index in [1.165, 1.54) is 10.4 Å². The third-order valence-corrected chi connectivity index (χ3v) is 7.74. The molecule has 1 heterocycles. The zero-order valence-electron chi connectivity index (χ0n) is 22.1. The summed E-state index contributed by atoms with van der Waals surface area (Å²) in [5, 5.41) is 10.3. The number of carbonyl (C=O) groups is 1. The van der Waals surface area contributed by atoms with Crippen LogP contribution in [0.2, 0.25) is 0 Å². The number of aryl methyl sites for hydroxylation is 1. The van der Waals surface area contributed by atoms with Gasteiger partial charge in [0.2, 0.25) is 10.0 Å². The van der Waals surface area contributed by atoms with Crippen LogP contribution < -0.4 is 4.31 Å². The summed E-state index contributed by atoms with van der Waals surface area (Å²) >= 11 is 0. The molecule has 0 saturated carbocycles. The second-order valence-corrected chi connectivity index (χ2v) is 12.5. The minimum atomic E-state index is -3.79. The van der Waals surface area contributed by atoms with Crippen molar-refractivity contribution in [2.45, 2.75) is 59.8 Å². The van der Waals surface area contributed by atoms with Crippen LogP contribution in [0, 0.1) is 26.6 Å². The van der Waals surface area contributed by atoms with Crippen molar-refractivity contribution >= 4 is 21.7 Å². The van der Waals surface area contributed by atoms with Gasteiger partial charge in [-0.3, -0.25) is 4.31 Å². The summed E-state index contributed by atoms with van der Waals surface area (Å²) in [6.45, 7) is 10.7. The van der Waals surface area contributed by atoms with Crippen LogP contribution in [0.5, 0.6) is 0 Å². The van der Waals surface area contributed by atoms with Gasteiger partial charge in [0.15, 0.2) is 6.10 Å². The predicted molar refractivity (Wildman–Crippen MR) is 144 cm³/mol. The third-order valence-electron chi connectivity index (χ3n) is 6.63. The van der Waals surface area contributed by atoms with E-state index in [9.17, 15) is 18.3 Å². The van der Waals surface area contributed by atoms with Crippen molar-refractivity contribution in [2.24, 2.45) is 0 Å². The first kappa shape index (κ1) is 26.8. The van der Waals surface area contributed by atoms with Crippen LogP contribution in [0.3, 0.4) is 0 Å². The molecule has 0 fully saturated rings. The van der Waals surface area contributed by atoms with Gasteiger partial charge in [0.25, 0.3) is 0 Å². The summed E-state index contributed by atoms with van der Waals surface area (Å²) < 4.78 is 48.8. The lowest BCUT2D eigenvalue weighted by Crippen LogP contribution is -2.35. The summed E-state index contributed by atoms with van der Waals surface area (Å²) in [6.07, 6.45) is -0.285. The van der Waals surface area contributed by atoms with Gasteiger partial charge in [-0.2, -0.15) is 0 Å². The monoisotopic (exact) mass is 525 g/mol. The van der Waals surface area contributed by atoms with Gasteiger partial charge >= 0.3 is 5.97 Å². The van der Waals surface area contributed by atoms with Crippen LogP contribution in [0.25, 0.3) is 22.3 Å². The lowest BCUT2D eigenvalue weighted by molar-refractivity contribution is -0.160. The lowest BCUT2D eigenvalue weighted by Gasteiger charge is -2.37. The standard InChI is InChI=1S/C29H32FNO5S/c1-16-11-13-19(14-12-16)22-17(2)23-25-20(9-8-10-21(25)30)15-31(37(7,34)35)26(23)18(3)24(22)27(28(32)33)36-29(4,5)6/h8-14,27H,15H2,1-7H3,(H,32,33)/t27-/m0/s1. The van der Waals surface area contributed by atoms with E-state index in [-0.39, 0.29) is 12.2 Å². The Kier molecular flexibility index (Phi) is 6.71. The van der Waals surface area contributed by atoms with Crippen molar-refractivity contribution in [2.75, 3.05) is 10.6 Å². The molecule has 1 aliphatic heterocycles. The molecule has 1 aliphatic rings. The number of hydrogen-bond acceptors (Lipinski definition) is 4. The Hall–Kier alpha value is -3.23. The molecule has 0 aromatic heterocycles. The highest BCUT2D eigenvalue weighted by atomic mass is 32.2. The van der Waals surface area contributed by atoms with Gasteiger partial charge in [-0.05, 0) is 75.4 Å². The summed E-state index contributed by atoms with van der Waals surface area (Å²) in [5.41, 5.74) is 4.53. The van der Waals surface area contributed by atoms with E-state index in [0.29, 0.717) is 38.9 Å². The molecule has 37 heavy (non-hydrogen) atoms. The Labute approximate surface area is 217 Å². The molecule has 0 aliphatic carbocycles. The van der Waals surface area contributed by atoms with Gasteiger partial charge < -0.3 is 9.84 Å². The minimum absolute atomic E-state index is 0.0552. The third kappa shape index (κ3) is 4.88. The first-order valence-corrected chi connectivity index (χ1v) is 13.9. The SMILES string of the molecule is Cc1ccc(-c2c(C)c3c(c(C)c2[C@H](OC(C)(C)C)C(=O)O)N(S(C)(=O)=O)Cc2cccc(F)c2-3)cc1. The molecule has 3 aromatic rings. The molecule has 0 radical (unpaired) electrons. The number of nitrogens with zero attached hydrogens (tertiary/aromatic N) is 1. The zero-order chi connectivity index (χ0) is 27.4. The van der Waals surface area contributed by atoms with Gasteiger partial charge in [-0.1, -0.05) is 42.0 Å². The molecule has 0 amide bonds. The number of sulfonamides is 1. The molecular formula is C29H32FNO5S. The zero-order valence-corrected chi connectivity index (χ0v) is 23.0. The van der Waals surface area contributed by atoms with Crippen LogP contribution in [0.4, 0.5) is 10.1 Å². The van der Waals surface area contributed by atoms with Crippen molar-refractivity contribution in [3.63, 3.8) is 0 Å². The van der Waals surface area contributed by atoms with Crippen molar-refractivity contribution in [3.05, 3.63) is 76.1 Å². The molecule has 1 atom stereocenters. The first-order chi connectivity index (χ1) is 17.1. The number of carboxylic acid groups (broad SMARTS) is 1. The fraction of sp³-hybridized carbons (Fsp3) is 0.345. The van der Waals surface area contributed by atoms with E-state index in [2.05, 4.69) is 0 Å². The molecule has 0 unspecified atom stereocenters. The molecule has 0 bridgehead atoms. The largest absolute Gasteiger partial charge is 0.479 e. The van der Waals surface area contributed by atoms with Gasteiger partial charge in [0.1, 0.15) is 5.82 Å². The van der Waals surface area contributed by atoms with E-state index < -0.39 is 33.5 Å². The number of fused-ring (bicyclic) bond motifs is 3. The number of ether oxygens (including phenoxy) is 1. The maximum absolute atomic E-state index is 15.4. The summed E-state index contributed by atoms with van der Waals surface area (Å²) in [5.74, 6) is -1.66. The van der Waals surface area contributed by atoms with E-state index in [4.69, 9.17) is 4.74 Å². The van der Waals surface area contributed by atoms with Crippen LogP contribution in [-0.4, -0.2) is 31.4 Å². The highest BCUT2D eigenvalue weighted by molar-refractivity contribution is 7.92. The number of benzene rings is 3. The van der Waals surface area contributed by atoms with Crippen LogP contribution in [0.1, 0.15) is 54.7 Å². The molecule has 8 heteroatoms. The lowest BCUT2D eigenvalue weighted by atomic mass is 9.80. The van der Waals surface area contributed by atoms with Gasteiger partial charge in [0, 0.05) is 16.7 Å². The van der Waals surface area contributed by atoms with Gasteiger partial charge in [0.05, 0.1) is 24.1 Å². The summed E-state index contributed by atoms with van der Waals surface area (Å²) in [7, 11) is -3.79. The number of carboxylic acids is 1. The first-order valence-electron chi connectivity index (χ1n) is 12.0. The average molecular weight is 526 g/mol. The Morgan fingerprint density at radius 2 is 1.62 bits per heavy atom. The Morgan fingerprint density at radius 1 is 1.00 bits per heavy atom. The smallest absolute Gasteiger partial charge is 0.337 e. The summed E-state index contributed by atoms with van der Waals surface area (Å²) in [6, 6.07) is 12.3. The van der Waals surface area contributed by atoms with E-state index in [1.807, 2.05) is 31.2 Å². The maximum atomic E-state index is 15.4. The average Bonchev–Trinajstić information content (AvgIpc) is 2.78. The molecule has 1 N–H and O–H groups in total. The fourth-order valence-corrected chi connectivity index (χ4v) is 6.06. The Morgan fingerprint density at radius 3 is 2.16 bits per heavy atom. The van der Waals surface area contributed by atoms with Crippen molar-refractivity contribution in [1.82, 2.24) is 0 Å². The van der Waals surface area contributed by atoms with Crippen LogP contribution in [0.15, 0.2) is 42.5 Å². The quantitative estimate of drug-likeness (QED) is 0.422. The number of aliphatic carboxylic acids is 1. The van der Waals surface area contributed by atoms with Crippen LogP contribution >= 0.6 is 0 Å². The normalized spacial score (nSPS) is 14.2. The number of halogens is 1. The topological polar surface area (TPSA) is 83.9 Å². The second-order valence-electron chi connectivity index (χ2n) is 10.6. The van der Waals surface area contributed by atoms with E-state index >= 15 is 4.39 Å². The van der Waals surface area contributed by atoms with E-state index in [1.54, 1.807) is 46.8 Å². The number of hydrogen-bond donors (Lipinski definition) is 1. The molecule has 3 aromatic carbocycles. The Bertz CT molecular complexity index is 1500. The highest BCUT2D eigenvalue weighted by Gasteiger charge is 2.39. The molecular weight excluding hydrogens is 493 g/mol. The fourth-order valence-electron chi connectivity index (χ4n) is 5.13.